The zero-order chi connectivity index (χ0) is 26.3. The number of benzene rings is 2. The molecule has 1 aliphatic heterocycles. The first kappa shape index (κ1) is 24.8. The number of non-ortho nitro benzene ring substituents is 1. The number of hydrogen-bond acceptors (Lipinski definition) is 8. The molecule has 2 heterocycles. The number of Topliss-reactive ketones (excluding diaryl/α,β-unsaturated/α-hetero) is 1. The number of methoxy groups -OCH3 is 1. The van der Waals surface area contributed by atoms with Gasteiger partial charge in [-0.3, -0.25) is 19.7 Å². The number of carbonyl (C=O) groups is 1. The largest absolute Gasteiger partial charge is 0.497 e. The minimum absolute atomic E-state index is 0.0249. The molecule has 0 amide bonds. The molecule has 1 atom stereocenters. The molecule has 0 saturated carbocycles. The van der Waals surface area contributed by atoms with Crippen molar-refractivity contribution in [1.29, 1.82) is 0 Å². The molecule has 10 heteroatoms. The highest BCUT2D eigenvalue weighted by Gasteiger charge is 2.42. The Bertz CT molecular complexity index is 1480. The van der Waals surface area contributed by atoms with Gasteiger partial charge < -0.3 is 15.0 Å². The van der Waals surface area contributed by atoms with E-state index in [1.165, 1.54) is 23.9 Å². The number of nitro benzene ring substituents is 1. The maximum absolute atomic E-state index is 13.4. The lowest BCUT2D eigenvalue weighted by molar-refractivity contribution is -0.384. The molecule has 3 aromatic rings. The quantitative estimate of drug-likeness (QED) is 0.198. The number of ketones is 1. The standard InChI is InChI=1S/C27H26N4O5S/c1-27(2)12-19-22(20(32)13-27)21(16-6-10-18(36-3)11-7-16)23-24(28-19)29-26(30-25(23)33)37-14-15-4-8-17(9-5-15)31(34)35/h4-11,21H,12-14H2,1-3H3,(H2,28,29,30,33)/t21-/m0/s1. The number of nitrogens with zero attached hydrogens (tertiary/aromatic N) is 2. The molecule has 1 aliphatic carbocycles. The van der Waals surface area contributed by atoms with Crippen LogP contribution in [0.5, 0.6) is 5.75 Å². The zero-order valence-corrected chi connectivity index (χ0v) is 21.5. The Kier molecular flexibility index (Phi) is 6.36. The zero-order valence-electron chi connectivity index (χ0n) is 20.7. The van der Waals surface area contributed by atoms with Crippen molar-refractivity contribution < 1.29 is 14.5 Å². The summed E-state index contributed by atoms with van der Waals surface area (Å²) >= 11 is 1.33. The first-order valence-electron chi connectivity index (χ1n) is 11.8. The van der Waals surface area contributed by atoms with Crippen molar-refractivity contribution in [1.82, 2.24) is 9.97 Å². The number of anilines is 1. The van der Waals surface area contributed by atoms with Crippen LogP contribution in [0.1, 0.15) is 49.3 Å². The number of nitro groups is 1. The van der Waals surface area contributed by atoms with Crippen molar-refractivity contribution in [2.24, 2.45) is 5.41 Å². The Morgan fingerprint density at radius 3 is 2.46 bits per heavy atom. The van der Waals surface area contributed by atoms with Crippen LogP contribution in [0, 0.1) is 15.5 Å². The fourth-order valence-electron chi connectivity index (χ4n) is 4.96. The predicted molar refractivity (Wildman–Crippen MR) is 141 cm³/mol. The van der Waals surface area contributed by atoms with Gasteiger partial charge in [0.2, 0.25) is 0 Å². The molecule has 2 aliphatic rings. The van der Waals surface area contributed by atoms with Crippen molar-refractivity contribution in [3.63, 3.8) is 0 Å². The lowest BCUT2D eigenvalue weighted by Gasteiger charge is -2.38. The summed E-state index contributed by atoms with van der Waals surface area (Å²) in [5.74, 6) is 1.10. The number of thioether (sulfide) groups is 1. The van der Waals surface area contributed by atoms with Gasteiger partial charge in [0.05, 0.1) is 17.6 Å². The number of H-pyrrole nitrogens is 1. The van der Waals surface area contributed by atoms with Crippen molar-refractivity contribution in [3.8, 4) is 5.75 Å². The Balaban J connectivity index is 1.52. The number of allylic oxidation sites excluding steroid dienone is 2. The Labute approximate surface area is 217 Å². The van der Waals surface area contributed by atoms with E-state index in [0.717, 1.165) is 16.8 Å². The van der Waals surface area contributed by atoms with Gasteiger partial charge in [0.25, 0.3) is 11.2 Å². The van der Waals surface area contributed by atoms with E-state index >= 15 is 0 Å². The summed E-state index contributed by atoms with van der Waals surface area (Å²) in [5.41, 5.74) is 3.03. The van der Waals surface area contributed by atoms with Crippen LogP contribution in [0.15, 0.2) is 69.8 Å². The third kappa shape index (κ3) is 4.89. The maximum Gasteiger partial charge on any atom is 0.269 e. The van der Waals surface area contributed by atoms with Gasteiger partial charge in [-0.15, -0.1) is 0 Å². The van der Waals surface area contributed by atoms with Crippen LogP contribution >= 0.6 is 11.8 Å². The third-order valence-corrected chi connectivity index (χ3v) is 7.62. The smallest absolute Gasteiger partial charge is 0.269 e. The molecular weight excluding hydrogens is 492 g/mol. The van der Waals surface area contributed by atoms with E-state index in [9.17, 15) is 19.7 Å². The van der Waals surface area contributed by atoms with E-state index in [-0.39, 0.29) is 22.4 Å². The average Bonchev–Trinajstić information content (AvgIpc) is 2.85. The lowest BCUT2D eigenvalue weighted by atomic mass is 9.69. The van der Waals surface area contributed by atoms with Gasteiger partial charge in [0.15, 0.2) is 10.9 Å². The monoisotopic (exact) mass is 518 g/mol. The summed E-state index contributed by atoms with van der Waals surface area (Å²) in [7, 11) is 1.59. The van der Waals surface area contributed by atoms with Crippen LogP contribution in [0.4, 0.5) is 11.5 Å². The molecule has 5 rings (SSSR count). The second-order valence-electron chi connectivity index (χ2n) is 10.0. The number of aromatic nitrogens is 2. The van der Waals surface area contributed by atoms with Gasteiger partial charge in [0, 0.05) is 41.5 Å². The number of rotatable bonds is 6. The number of aromatic amines is 1. The lowest BCUT2D eigenvalue weighted by Crippen LogP contribution is -2.37. The molecular formula is C27H26N4O5S. The second-order valence-corrected chi connectivity index (χ2v) is 11.0. The predicted octanol–water partition coefficient (Wildman–Crippen LogP) is 5.18. The summed E-state index contributed by atoms with van der Waals surface area (Å²) in [6.07, 6.45) is 1.07. The van der Waals surface area contributed by atoms with Crippen molar-refractivity contribution >= 4 is 29.1 Å². The van der Waals surface area contributed by atoms with Crippen molar-refractivity contribution in [2.45, 2.75) is 43.5 Å². The number of nitrogens with one attached hydrogen (secondary N) is 2. The molecule has 2 N–H and O–H groups in total. The first-order chi connectivity index (χ1) is 17.6. The van der Waals surface area contributed by atoms with E-state index in [0.29, 0.717) is 46.5 Å². The fraction of sp³-hybridized carbons (Fsp3) is 0.296. The van der Waals surface area contributed by atoms with E-state index in [1.54, 1.807) is 19.2 Å². The van der Waals surface area contributed by atoms with E-state index in [1.807, 2.05) is 24.3 Å². The third-order valence-electron chi connectivity index (χ3n) is 6.67. The van der Waals surface area contributed by atoms with Gasteiger partial charge in [-0.2, -0.15) is 0 Å². The van der Waals surface area contributed by atoms with Crippen LogP contribution in [0.3, 0.4) is 0 Å². The maximum atomic E-state index is 13.4. The number of fused-ring (bicyclic) bond motifs is 1. The summed E-state index contributed by atoms with van der Waals surface area (Å²) in [4.78, 5) is 44.9. The summed E-state index contributed by atoms with van der Waals surface area (Å²) in [6.45, 7) is 4.12. The first-order valence-corrected chi connectivity index (χ1v) is 12.8. The van der Waals surface area contributed by atoms with Crippen LogP contribution in [0.2, 0.25) is 0 Å². The van der Waals surface area contributed by atoms with E-state index in [2.05, 4.69) is 24.1 Å². The van der Waals surface area contributed by atoms with Gasteiger partial charge in [-0.1, -0.05) is 49.9 Å². The molecule has 37 heavy (non-hydrogen) atoms. The van der Waals surface area contributed by atoms with Gasteiger partial charge in [0.1, 0.15) is 11.6 Å². The normalized spacial score (nSPS) is 18.0. The van der Waals surface area contributed by atoms with E-state index < -0.39 is 10.8 Å². The minimum Gasteiger partial charge on any atom is -0.497 e. The summed E-state index contributed by atoms with van der Waals surface area (Å²) in [5, 5.41) is 14.6. The van der Waals surface area contributed by atoms with Crippen molar-refractivity contribution in [2.75, 3.05) is 12.4 Å². The number of ether oxygens (including phenoxy) is 1. The summed E-state index contributed by atoms with van der Waals surface area (Å²) in [6, 6.07) is 13.7. The molecule has 0 radical (unpaired) electrons. The van der Waals surface area contributed by atoms with Gasteiger partial charge in [-0.25, -0.2) is 4.98 Å². The number of hydrogen-bond donors (Lipinski definition) is 2. The molecule has 0 saturated heterocycles. The van der Waals surface area contributed by atoms with Crippen LogP contribution < -0.4 is 15.6 Å². The minimum atomic E-state index is -0.536. The van der Waals surface area contributed by atoms with Crippen LogP contribution in [-0.2, 0) is 10.5 Å². The molecule has 9 nitrogen and oxygen atoms in total. The SMILES string of the molecule is COc1ccc([C@H]2C3=C(CC(C)(C)CC3=O)Nc3nc(SCc4ccc([N+](=O)[O-])cc4)[nH]c(=O)c32)cc1. The highest BCUT2D eigenvalue weighted by Crippen LogP contribution is 2.47. The molecule has 0 bridgehead atoms. The molecule has 190 valence electrons. The molecule has 0 fully saturated rings. The van der Waals surface area contributed by atoms with E-state index in [4.69, 9.17) is 9.72 Å². The van der Waals surface area contributed by atoms with Gasteiger partial charge >= 0.3 is 0 Å². The Morgan fingerprint density at radius 2 is 1.81 bits per heavy atom. The Hall–Kier alpha value is -3.92. The fourth-order valence-corrected chi connectivity index (χ4v) is 5.77. The summed E-state index contributed by atoms with van der Waals surface area (Å²) < 4.78 is 5.29. The van der Waals surface area contributed by atoms with Crippen LogP contribution in [-0.4, -0.2) is 27.8 Å². The molecule has 0 unspecified atom stereocenters. The molecule has 1 aromatic heterocycles. The molecule has 2 aromatic carbocycles. The highest BCUT2D eigenvalue weighted by molar-refractivity contribution is 7.98. The Morgan fingerprint density at radius 1 is 1.11 bits per heavy atom. The van der Waals surface area contributed by atoms with Gasteiger partial charge in [-0.05, 0) is 35.1 Å². The topological polar surface area (TPSA) is 127 Å². The highest BCUT2D eigenvalue weighted by atomic mass is 32.2. The number of carbonyl (C=O) groups excluding carboxylic acids is 1. The second kappa shape index (κ2) is 9.51. The van der Waals surface area contributed by atoms with Crippen molar-refractivity contribution in [3.05, 3.63) is 97.0 Å². The molecule has 0 spiro atoms. The average molecular weight is 519 g/mol. The van der Waals surface area contributed by atoms with Crippen LogP contribution in [0.25, 0.3) is 0 Å².